The van der Waals surface area contributed by atoms with E-state index in [9.17, 15) is 0 Å². The normalized spacial score (nSPS) is 9.04. The van der Waals surface area contributed by atoms with E-state index in [-0.39, 0.29) is 28.3 Å². The zero-order chi connectivity index (χ0) is 18.5. The molecule has 0 radical (unpaired) electrons. The first-order chi connectivity index (χ1) is 11.3. The number of hydrogen-bond acceptors (Lipinski definition) is 2. The second-order valence-corrected chi connectivity index (χ2v) is 5.61. The van der Waals surface area contributed by atoms with Gasteiger partial charge in [0.2, 0.25) is 0 Å². The van der Waals surface area contributed by atoms with Crippen LogP contribution in [-0.2, 0) is 16.8 Å². The molecule has 0 amide bonds. The zero-order valence-corrected chi connectivity index (χ0v) is 16.0. The van der Waals surface area contributed by atoms with Crippen molar-refractivity contribution in [2.24, 2.45) is 5.92 Å². The maximum absolute atomic E-state index is 8.92. The molecule has 0 fully saturated rings. The van der Waals surface area contributed by atoms with Crippen molar-refractivity contribution < 1.29 is 27.0 Å². The molecule has 0 atom stereocenters. The molecule has 0 aliphatic carbocycles. The summed E-state index contributed by atoms with van der Waals surface area (Å²) in [6.45, 7) is 8.72. The molecule has 5 heteroatoms. The molecule has 0 spiro atoms. The third kappa shape index (κ3) is 11.1. The Balaban J connectivity index is 0. The van der Waals surface area contributed by atoms with Crippen LogP contribution in [0.2, 0.25) is 0 Å². The van der Waals surface area contributed by atoms with Crippen LogP contribution in [-0.4, -0.2) is 22.6 Å². The van der Waals surface area contributed by atoms with Crippen molar-refractivity contribution in [2.75, 3.05) is 0 Å². The molecule has 0 bridgehead atoms. The van der Waals surface area contributed by atoms with Crippen molar-refractivity contribution in [2.45, 2.75) is 27.7 Å². The summed E-state index contributed by atoms with van der Waals surface area (Å²) in [6, 6.07) is 13.1. The maximum atomic E-state index is 8.92. The molecule has 0 aromatic heterocycles. The SMILES string of the molecule is C[C-](C)C(C)C.[Co+3].[N-]=Cc1ccccc1O.[N-]=Cc1ccccc1O. The molecule has 25 heavy (non-hydrogen) atoms. The van der Waals surface area contributed by atoms with Gasteiger partial charge in [0, 0.05) is 0 Å². The summed E-state index contributed by atoms with van der Waals surface area (Å²) >= 11 is 0. The van der Waals surface area contributed by atoms with E-state index in [1.54, 1.807) is 36.4 Å². The molecule has 4 nitrogen and oxygen atoms in total. The van der Waals surface area contributed by atoms with Gasteiger partial charge in [0.05, 0.1) is 0 Å². The van der Waals surface area contributed by atoms with Crippen molar-refractivity contribution in [3.05, 3.63) is 76.4 Å². The van der Waals surface area contributed by atoms with Crippen LogP contribution >= 0.6 is 0 Å². The van der Waals surface area contributed by atoms with E-state index < -0.39 is 0 Å². The van der Waals surface area contributed by atoms with Gasteiger partial charge in [-0.2, -0.15) is 32.2 Å². The van der Waals surface area contributed by atoms with Crippen LogP contribution < -0.4 is 0 Å². The molecule has 0 heterocycles. The Morgan fingerprint density at radius 2 is 1.08 bits per heavy atom. The molecular weight excluding hydrogens is 359 g/mol. The fraction of sp³-hybridized carbons (Fsp3) is 0.250. The van der Waals surface area contributed by atoms with Crippen LogP contribution in [0.25, 0.3) is 10.8 Å². The maximum Gasteiger partial charge on any atom is 3.00 e. The summed E-state index contributed by atoms with van der Waals surface area (Å²) in [5.41, 5.74) is 0.884. The van der Waals surface area contributed by atoms with Gasteiger partial charge < -0.3 is 26.9 Å². The predicted molar refractivity (Wildman–Crippen MR) is 103 cm³/mol. The standard InChI is InChI=1S/2C7H6NO.C6H13.Co/c2*8-5-6-3-1-2-4-7(6)9;1-5(2)6(3)4;/h2*1-5,9H;5H,1-4H3;/q3*-1;+3. The van der Waals surface area contributed by atoms with Crippen molar-refractivity contribution in [3.63, 3.8) is 0 Å². The quantitative estimate of drug-likeness (QED) is 0.575. The molecule has 0 aliphatic rings. The summed E-state index contributed by atoms with van der Waals surface area (Å²) in [7, 11) is 0. The van der Waals surface area contributed by atoms with Gasteiger partial charge in [0.25, 0.3) is 0 Å². The summed E-state index contributed by atoms with van der Waals surface area (Å²) < 4.78 is 0. The summed E-state index contributed by atoms with van der Waals surface area (Å²) in [5.74, 6) is 2.47. The minimum absolute atomic E-state index is 0. The molecule has 2 aromatic carbocycles. The Hall–Kier alpha value is -2.11. The average molecular weight is 384 g/mol. The van der Waals surface area contributed by atoms with Gasteiger partial charge in [0.1, 0.15) is 11.5 Å². The number of hydrogen-bond donors (Lipinski definition) is 2. The Morgan fingerprint density at radius 1 is 0.800 bits per heavy atom. The second-order valence-electron chi connectivity index (χ2n) is 5.61. The molecule has 0 aliphatic heterocycles. The molecule has 2 rings (SSSR count). The van der Waals surface area contributed by atoms with Crippen LogP contribution in [0.5, 0.6) is 11.5 Å². The molecular formula is C20H25CoN2O2. The molecule has 0 unspecified atom stereocenters. The number of benzene rings is 2. The van der Waals surface area contributed by atoms with E-state index in [1.807, 2.05) is 0 Å². The summed E-state index contributed by atoms with van der Waals surface area (Å²) in [4.78, 5) is 0. The first kappa shape index (κ1) is 25.1. The average Bonchev–Trinajstić information content (AvgIpc) is 2.57. The monoisotopic (exact) mass is 384 g/mol. The molecule has 0 saturated carbocycles. The van der Waals surface area contributed by atoms with Gasteiger partial charge in [-0.3, -0.25) is 0 Å². The van der Waals surface area contributed by atoms with Crippen LogP contribution in [0.3, 0.4) is 0 Å². The van der Waals surface area contributed by atoms with Gasteiger partial charge in [-0.25, -0.2) is 0 Å². The van der Waals surface area contributed by atoms with E-state index in [4.69, 9.17) is 21.0 Å². The Bertz CT molecular complexity index is 573. The van der Waals surface area contributed by atoms with E-state index >= 15 is 0 Å². The zero-order valence-electron chi connectivity index (χ0n) is 15.0. The molecule has 2 aromatic rings. The third-order valence-electron chi connectivity index (χ3n) is 3.31. The molecule has 0 saturated heterocycles. The van der Waals surface area contributed by atoms with Gasteiger partial charge in [-0.15, -0.1) is 0 Å². The molecule has 136 valence electrons. The minimum atomic E-state index is 0. The predicted octanol–water partition coefficient (Wildman–Crippen LogP) is 5.02. The van der Waals surface area contributed by atoms with E-state index in [0.29, 0.717) is 11.1 Å². The third-order valence-corrected chi connectivity index (χ3v) is 3.31. The largest absolute Gasteiger partial charge is 3.00 e. The van der Waals surface area contributed by atoms with Crippen molar-refractivity contribution >= 4 is 12.4 Å². The van der Waals surface area contributed by atoms with Crippen LogP contribution in [0.1, 0.15) is 38.8 Å². The number of nitrogens with zero attached hydrogens (tertiary/aromatic N) is 2. The Morgan fingerprint density at radius 3 is 1.24 bits per heavy atom. The van der Waals surface area contributed by atoms with Crippen LogP contribution in [0, 0.1) is 11.8 Å². The van der Waals surface area contributed by atoms with Crippen molar-refractivity contribution in [1.82, 2.24) is 0 Å². The van der Waals surface area contributed by atoms with Crippen molar-refractivity contribution in [3.8, 4) is 11.5 Å². The van der Waals surface area contributed by atoms with Crippen molar-refractivity contribution in [1.29, 1.82) is 0 Å². The topological polar surface area (TPSA) is 85.1 Å². The fourth-order valence-corrected chi connectivity index (χ4v) is 1.19. The number of phenolic OH excluding ortho intramolecular Hbond substituents is 2. The van der Waals surface area contributed by atoms with Gasteiger partial charge >= 0.3 is 16.8 Å². The van der Waals surface area contributed by atoms with Crippen LogP contribution in [0.4, 0.5) is 0 Å². The first-order valence-electron chi connectivity index (χ1n) is 7.64. The van der Waals surface area contributed by atoms with E-state index in [0.717, 1.165) is 18.3 Å². The van der Waals surface area contributed by atoms with Gasteiger partial charge in [0.15, 0.2) is 0 Å². The Kier molecular flexibility index (Phi) is 14.3. The number of para-hydroxylation sites is 2. The van der Waals surface area contributed by atoms with E-state index in [2.05, 4.69) is 27.7 Å². The van der Waals surface area contributed by atoms with Crippen LogP contribution in [0.15, 0.2) is 48.5 Å². The minimum Gasteiger partial charge on any atom is -0.810 e. The number of aromatic hydroxyl groups is 2. The summed E-state index contributed by atoms with van der Waals surface area (Å²) in [6.07, 6.45) is 1.74. The van der Waals surface area contributed by atoms with Gasteiger partial charge in [-0.05, 0) is 23.3 Å². The smallest absolute Gasteiger partial charge is 0.810 e. The number of rotatable bonds is 3. The second kappa shape index (κ2) is 14.2. The van der Waals surface area contributed by atoms with E-state index in [1.165, 1.54) is 18.1 Å². The first-order valence-corrected chi connectivity index (χ1v) is 7.64. The fourth-order valence-electron chi connectivity index (χ4n) is 1.19. The van der Waals surface area contributed by atoms with Gasteiger partial charge in [-0.1, -0.05) is 50.2 Å². The molecule has 2 N–H and O–H groups in total. The number of phenols is 2. The Labute approximate surface area is 161 Å². The summed E-state index contributed by atoms with van der Waals surface area (Å²) in [5, 5.41) is 34.7.